The Bertz CT molecular complexity index is 376. The van der Waals surface area contributed by atoms with Gasteiger partial charge in [-0.2, -0.15) is 0 Å². The summed E-state index contributed by atoms with van der Waals surface area (Å²) in [5.74, 6) is 1.83. The molecule has 17 heavy (non-hydrogen) atoms. The van der Waals surface area contributed by atoms with Crippen molar-refractivity contribution in [3.8, 4) is 0 Å². The van der Waals surface area contributed by atoms with Crippen LogP contribution in [0.4, 0.5) is 5.82 Å². The summed E-state index contributed by atoms with van der Waals surface area (Å²) in [5.41, 5.74) is 1.10. The van der Waals surface area contributed by atoms with Crippen molar-refractivity contribution < 1.29 is 0 Å². The molecule has 4 heteroatoms. The molecular weight excluding hydrogens is 212 g/mol. The van der Waals surface area contributed by atoms with Gasteiger partial charge in [0.2, 0.25) is 0 Å². The smallest absolute Gasteiger partial charge is 0.144 e. The molecule has 0 radical (unpaired) electrons. The molecule has 0 spiro atoms. The van der Waals surface area contributed by atoms with Gasteiger partial charge in [0.15, 0.2) is 0 Å². The first-order valence-electron chi connectivity index (χ1n) is 6.64. The minimum Gasteiger partial charge on any atom is -0.369 e. The first kappa shape index (κ1) is 11.0. The van der Waals surface area contributed by atoms with Gasteiger partial charge in [-0.05, 0) is 32.1 Å². The highest BCUT2D eigenvalue weighted by Crippen LogP contribution is 2.37. The molecule has 1 aromatic rings. The van der Waals surface area contributed by atoms with Gasteiger partial charge in [0.25, 0.3) is 0 Å². The van der Waals surface area contributed by atoms with Crippen molar-refractivity contribution in [1.82, 2.24) is 14.9 Å². The van der Waals surface area contributed by atoms with Crippen molar-refractivity contribution in [1.29, 1.82) is 0 Å². The number of nitrogens with one attached hydrogen (secondary N) is 1. The topological polar surface area (TPSA) is 41.1 Å². The molecular formula is C13H20N4. The molecule has 1 aliphatic carbocycles. The fourth-order valence-corrected chi connectivity index (χ4v) is 3.14. The zero-order valence-corrected chi connectivity index (χ0v) is 10.4. The molecule has 1 saturated carbocycles. The number of anilines is 1. The van der Waals surface area contributed by atoms with Gasteiger partial charge in [-0.25, -0.2) is 4.98 Å². The van der Waals surface area contributed by atoms with Gasteiger partial charge in [0.05, 0.1) is 18.1 Å². The van der Waals surface area contributed by atoms with Crippen molar-refractivity contribution in [3.05, 3.63) is 18.1 Å². The number of fused-ring (bicyclic) bond motifs is 2. The number of aromatic nitrogens is 2. The first-order chi connectivity index (χ1) is 8.35. The van der Waals surface area contributed by atoms with E-state index >= 15 is 0 Å². The van der Waals surface area contributed by atoms with Crippen LogP contribution in [0.3, 0.4) is 0 Å². The molecule has 4 nitrogen and oxygen atoms in total. The van der Waals surface area contributed by atoms with Crippen molar-refractivity contribution in [2.24, 2.45) is 5.92 Å². The van der Waals surface area contributed by atoms with E-state index < -0.39 is 0 Å². The van der Waals surface area contributed by atoms with Crippen LogP contribution in [-0.4, -0.2) is 34.0 Å². The van der Waals surface area contributed by atoms with Gasteiger partial charge in [0.1, 0.15) is 5.82 Å². The molecule has 0 amide bonds. The fourth-order valence-electron chi connectivity index (χ4n) is 3.14. The Hall–Kier alpha value is -1.16. The van der Waals surface area contributed by atoms with E-state index in [-0.39, 0.29) is 0 Å². The summed E-state index contributed by atoms with van der Waals surface area (Å²) in [5, 5.41) is 3.17. The second kappa shape index (κ2) is 4.61. The lowest BCUT2D eigenvalue weighted by Gasteiger charge is -2.26. The molecule has 1 aromatic heterocycles. The molecule has 3 rings (SSSR count). The SMILES string of the molecule is CCNc1cnc(CN2CC3CCC2C3)cn1. The predicted octanol–water partition coefficient (Wildman–Crippen LogP) is 1.89. The van der Waals surface area contributed by atoms with E-state index in [4.69, 9.17) is 0 Å². The minimum atomic E-state index is 0.815. The van der Waals surface area contributed by atoms with Crippen LogP contribution in [0.2, 0.25) is 0 Å². The molecule has 2 unspecified atom stereocenters. The average molecular weight is 232 g/mol. The Morgan fingerprint density at radius 1 is 1.35 bits per heavy atom. The molecule has 1 N–H and O–H groups in total. The van der Waals surface area contributed by atoms with Gasteiger partial charge in [-0.15, -0.1) is 0 Å². The van der Waals surface area contributed by atoms with E-state index in [1.54, 1.807) is 0 Å². The zero-order chi connectivity index (χ0) is 11.7. The fraction of sp³-hybridized carbons (Fsp3) is 0.692. The molecule has 2 bridgehead atoms. The van der Waals surface area contributed by atoms with Crippen LogP contribution in [0.25, 0.3) is 0 Å². The van der Waals surface area contributed by atoms with Crippen molar-refractivity contribution in [2.75, 3.05) is 18.4 Å². The van der Waals surface area contributed by atoms with E-state index in [1.165, 1.54) is 25.8 Å². The van der Waals surface area contributed by atoms with Crippen molar-refractivity contribution in [2.45, 2.75) is 38.8 Å². The summed E-state index contributed by atoms with van der Waals surface area (Å²) >= 11 is 0. The average Bonchev–Trinajstić information content (AvgIpc) is 2.94. The van der Waals surface area contributed by atoms with Gasteiger partial charge in [-0.3, -0.25) is 9.88 Å². The van der Waals surface area contributed by atoms with Crippen LogP contribution in [0.15, 0.2) is 12.4 Å². The molecule has 2 heterocycles. The lowest BCUT2D eigenvalue weighted by molar-refractivity contribution is 0.203. The van der Waals surface area contributed by atoms with Crippen LogP contribution in [0, 0.1) is 5.92 Å². The standard InChI is InChI=1S/C13H20N4/c1-2-14-13-7-15-11(6-16-13)9-17-8-10-3-4-12(17)5-10/h6-7,10,12H,2-5,8-9H2,1H3,(H,14,16). The summed E-state index contributed by atoms with van der Waals surface area (Å²) in [6.45, 7) is 5.20. The Morgan fingerprint density at radius 2 is 2.29 bits per heavy atom. The molecule has 2 fully saturated rings. The Morgan fingerprint density at radius 3 is 2.88 bits per heavy atom. The lowest BCUT2D eigenvalue weighted by Crippen LogP contribution is -2.31. The maximum Gasteiger partial charge on any atom is 0.144 e. The minimum absolute atomic E-state index is 0.815. The van der Waals surface area contributed by atoms with Gasteiger partial charge >= 0.3 is 0 Å². The van der Waals surface area contributed by atoms with Gasteiger partial charge < -0.3 is 5.32 Å². The van der Waals surface area contributed by atoms with Gasteiger partial charge in [-0.1, -0.05) is 0 Å². The Kier molecular flexibility index (Phi) is 2.97. The molecule has 1 saturated heterocycles. The summed E-state index contributed by atoms with van der Waals surface area (Å²) in [6, 6.07) is 0.815. The van der Waals surface area contributed by atoms with E-state index in [9.17, 15) is 0 Å². The van der Waals surface area contributed by atoms with E-state index in [0.717, 1.165) is 36.6 Å². The second-order valence-electron chi connectivity index (χ2n) is 5.19. The lowest BCUT2D eigenvalue weighted by atomic mass is 10.1. The summed E-state index contributed by atoms with van der Waals surface area (Å²) in [7, 11) is 0. The maximum atomic E-state index is 4.48. The largest absolute Gasteiger partial charge is 0.369 e. The first-order valence-corrected chi connectivity index (χ1v) is 6.64. The van der Waals surface area contributed by atoms with Crippen LogP contribution in [0.1, 0.15) is 31.9 Å². The number of hydrogen-bond acceptors (Lipinski definition) is 4. The highest BCUT2D eigenvalue weighted by atomic mass is 15.2. The normalized spacial score (nSPS) is 27.6. The zero-order valence-electron chi connectivity index (χ0n) is 10.4. The summed E-state index contributed by atoms with van der Waals surface area (Å²) in [6.07, 6.45) is 7.97. The Balaban J connectivity index is 1.61. The van der Waals surface area contributed by atoms with Crippen LogP contribution < -0.4 is 5.32 Å². The molecule has 2 atom stereocenters. The Labute approximate surface area is 102 Å². The number of piperidine rings is 1. The number of likely N-dealkylation sites (tertiary alicyclic amines) is 1. The van der Waals surface area contributed by atoms with Crippen LogP contribution in [0.5, 0.6) is 0 Å². The monoisotopic (exact) mass is 232 g/mol. The maximum absolute atomic E-state index is 4.48. The predicted molar refractivity (Wildman–Crippen MR) is 67.7 cm³/mol. The molecule has 1 aliphatic heterocycles. The number of hydrogen-bond donors (Lipinski definition) is 1. The molecule has 92 valence electrons. The third-order valence-corrected chi connectivity index (χ3v) is 3.95. The highest BCUT2D eigenvalue weighted by molar-refractivity contribution is 5.30. The van der Waals surface area contributed by atoms with Gasteiger partial charge in [0, 0.05) is 25.7 Å². The van der Waals surface area contributed by atoms with E-state index in [1.807, 2.05) is 12.4 Å². The molecule has 0 aromatic carbocycles. The van der Waals surface area contributed by atoms with E-state index in [2.05, 4.69) is 27.1 Å². The third kappa shape index (κ3) is 2.27. The van der Waals surface area contributed by atoms with Crippen LogP contribution in [-0.2, 0) is 6.54 Å². The third-order valence-electron chi connectivity index (χ3n) is 3.95. The van der Waals surface area contributed by atoms with Crippen molar-refractivity contribution >= 4 is 5.82 Å². The summed E-state index contributed by atoms with van der Waals surface area (Å²) < 4.78 is 0. The van der Waals surface area contributed by atoms with E-state index in [0.29, 0.717) is 0 Å². The van der Waals surface area contributed by atoms with Crippen LogP contribution >= 0.6 is 0 Å². The highest BCUT2D eigenvalue weighted by Gasteiger charge is 2.37. The summed E-state index contributed by atoms with van der Waals surface area (Å²) in [4.78, 5) is 11.4. The second-order valence-corrected chi connectivity index (χ2v) is 5.19. The van der Waals surface area contributed by atoms with Crippen molar-refractivity contribution in [3.63, 3.8) is 0 Å². The number of nitrogens with zero attached hydrogens (tertiary/aromatic N) is 3. The number of rotatable bonds is 4. The molecule has 2 aliphatic rings. The quantitative estimate of drug-likeness (QED) is 0.860.